The molecule has 2 aromatic carbocycles. The Hall–Kier alpha value is -3.10. The van der Waals surface area contributed by atoms with Gasteiger partial charge in [-0.25, -0.2) is 0 Å². The highest BCUT2D eigenvalue weighted by atomic mass is 35.5. The summed E-state index contributed by atoms with van der Waals surface area (Å²) in [5, 5.41) is 12.7. The van der Waals surface area contributed by atoms with Crippen LogP contribution >= 0.6 is 11.6 Å². The molecule has 3 rings (SSSR count). The van der Waals surface area contributed by atoms with E-state index < -0.39 is 0 Å². The lowest BCUT2D eigenvalue weighted by Crippen LogP contribution is -2.20. The molecule has 0 saturated carbocycles. The van der Waals surface area contributed by atoms with Crippen LogP contribution in [0.1, 0.15) is 5.56 Å². The molecule has 0 spiro atoms. The van der Waals surface area contributed by atoms with Crippen molar-refractivity contribution in [2.24, 2.45) is 0 Å². The van der Waals surface area contributed by atoms with Crippen LogP contribution in [0.2, 0.25) is 5.02 Å². The standard InChI is InChI=1S/C18H12ClN3O2/c19-13-5-6-16-14(9-13)17(23)7-8-22(16)11-18(24)21-15-4-2-1-3-12(15)10-20/h1-9H,11H2,(H,21,24). The van der Waals surface area contributed by atoms with E-state index in [4.69, 9.17) is 16.9 Å². The molecule has 3 aromatic rings. The summed E-state index contributed by atoms with van der Waals surface area (Å²) in [6.07, 6.45) is 1.56. The number of nitrogens with zero attached hydrogens (tertiary/aromatic N) is 2. The monoisotopic (exact) mass is 337 g/mol. The quantitative estimate of drug-likeness (QED) is 0.797. The van der Waals surface area contributed by atoms with Crippen LogP contribution in [0, 0.1) is 11.3 Å². The third-order valence-corrected chi connectivity index (χ3v) is 3.81. The van der Waals surface area contributed by atoms with Gasteiger partial charge in [0.25, 0.3) is 0 Å². The molecule has 0 atom stereocenters. The number of fused-ring (bicyclic) bond motifs is 1. The van der Waals surface area contributed by atoms with Crippen molar-refractivity contribution in [1.29, 1.82) is 5.26 Å². The Morgan fingerprint density at radius 2 is 2.00 bits per heavy atom. The summed E-state index contributed by atoms with van der Waals surface area (Å²) in [5.74, 6) is -0.294. The summed E-state index contributed by atoms with van der Waals surface area (Å²) in [6, 6.07) is 15.2. The van der Waals surface area contributed by atoms with Crippen LogP contribution in [0.15, 0.2) is 59.5 Å². The molecular weight excluding hydrogens is 326 g/mol. The topological polar surface area (TPSA) is 74.9 Å². The lowest BCUT2D eigenvalue weighted by atomic mass is 10.2. The molecule has 0 aliphatic heterocycles. The minimum Gasteiger partial charge on any atom is -0.338 e. The van der Waals surface area contributed by atoms with Gasteiger partial charge < -0.3 is 9.88 Å². The molecule has 0 fully saturated rings. The smallest absolute Gasteiger partial charge is 0.244 e. The van der Waals surface area contributed by atoms with Crippen LogP contribution in [0.3, 0.4) is 0 Å². The lowest BCUT2D eigenvalue weighted by Gasteiger charge is -2.12. The number of para-hydroxylation sites is 1. The van der Waals surface area contributed by atoms with Crippen molar-refractivity contribution in [3.05, 3.63) is 75.5 Å². The van der Waals surface area contributed by atoms with Gasteiger partial charge in [0, 0.05) is 22.7 Å². The molecule has 1 heterocycles. The summed E-state index contributed by atoms with van der Waals surface area (Å²) >= 11 is 5.93. The van der Waals surface area contributed by atoms with Crippen LogP contribution in [-0.2, 0) is 11.3 Å². The molecule has 1 amide bonds. The Labute approximate surface area is 142 Å². The number of benzene rings is 2. The van der Waals surface area contributed by atoms with Crippen LogP contribution in [-0.4, -0.2) is 10.5 Å². The van der Waals surface area contributed by atoms with Gasteiger partial charge in [-0.3, -0.25) is 9.59 Å². The third-order valence-electron chi connectivity index (χ3n) is 3.57. The second kappa shape index (κ2) is 6.57. The molecule has 1 aromatic heterocycles. The molecule has 0 bridgehead atoms. The molecule has 118 valence electrons. The number of rotatable bonds is 3. The molecule has 0 aliphatic carbocycles. The fourth-order valence-corrected chi connectivity index (χ4v) is 2.63. The van der Waals surface area contributed by atoms with Gasteiger partial charge in [0.1, 0.15) is 12.6 Å². The van der Waals surface area contributed by atoms with Crippen LogP contribution in [0.25, 0.3) is 10.9 Å². The van der Waals surface area contributed by atoms with E-state index in [1.54, 1.807) is 53.2 Å². The summed E-state index contributed by atoms with van der Waals surface area (Å²) < 4.78 is 1.66. The zero-order valence-corrected chi connectivity index (χ0v) is 13.2. The van der Waals surface area contributed by atoms with E-state index in [1.165, 1.54) is 6.07 Å². The molecule has 24 heavy (non-hydrogen) atoms. The second-order valence-corrected chi connectivity index (χ2v) is 5.61. The number of halogens is 1. The van der Waals surface area contributed by atoms with E-state index in [0.717, 1.165) is 0 Å². The first-order chi connectivity index (χ1) is 11.6. The Morgan fingerprint density at radius 1 is 1.21 bits per heavy atom. The lowest BCUT2D eigenvalue weighted by molar-refractivity contribution is -0.116. The molecule has 1 N–H and O–H groups in total. The minimum atomic E-state index is -0.294. The highest BCUT2D eigenvalue weighted by Crippen LogP contribution is 2.17. The molecule has 0 saturated heterocycles. The van der Waals surface area contributed by atoms with Crippen LogP contribution in [0.4, 0.5) is 5.69 Å². The highest BCUT2D eigenvalue weighted by Gasteiger charge is 2.09. The number of hydrogen-bond donors (Lipinski definition) is 1. The van der Waals surface area contributed by atoms with Gasteiger partial charge in [0.2, 0.25) is 5.91 Å². The Morgan fingerprint density at radius 3 is 2.79 bits per heavy atom. The number of carbonyl (C=O) groups is 1. The summed E-state index contributed by atoms with van der Waals surface area (Å²) in [4.78, 5) is 24.2. The van der Waals surface area contributed by atoms with Crippen molar-refractivity contribution in [1.82, 2.24) is 4.57 Å². The number of nitriles is 1. The van der Waals surface area contributed by atoms with E-state index in [-0.39, 0.29) is 17.9 Å². The number of carbonyl (C=O) groups excluding carboxylic acids is 1. The van der Waals surface area contributed by atoms with E-state index in [0.29, 0.717) is 27.2 Å². The SMILES string of the molecule is N#Cc1ccccc1NC(=O)Cn1ccc(=O)c2cc(Cl)ccc21. The van der Waals surface area contributed by atoms with Gasteiger partial charge >= 0.3 is 0 Å². The number of hydrogen-bond acceptors (Lipinski definition) is 3. The predicted molar refractivity (Wildman–Crippen MR) is 93.0 cm³/mol. The summed E-state index contributed by atoms with van der Waals surface area (Å²) in [5.41, 5.74) is 1.32. The molecule has 0 radical (unpaired) electrons. The van der Waals surface area contributed by atoms with Gasteiger partial charge in [0.15, 0.2) is 5.43 Å². The van der Waals surface area contributed by atoms with Gasteiger partial charge in [0.05, 0.1) is 16.8 Å². The number of aromatic nitrogens is 1. The third kappa shape index (κ3) is 3.14. The summed E-state index contributed by atoms with van der Waals surface area (Å²) in [6.45, 7) is 0.0121. The first-order valence-electron chi connectivity index (χ1n) is 7.16. The minimum absolute atomic E-state index is 0.0121. The first kappa shape index (κ1) is 15.8. The van der Waals surface area contributed by atoms with Crippen molar-refractivity contribution in [2.75, 3.05) is 5.32 Å². The molecule has 5 nitrogen and oxygen atoms in total. The van der Waals surface area contributed by atoms with Gasteiger partial charge in [-0.2, -0.15) is 5.26 Å². The van der Waals surface area contributed by atoms with Crippen molar-refractivity contribution < 1.29 is 4.79 Å². The number of pyridine rings is 1. The van der Waals surface area contributed by atoms with E-state index in [9.17, 15) is 9.59 Å². The van der Waals surface area contributed by atoms with E-state index >= 15 is 0 Å². The van der Waals surface area contributed by atoms with Gasteiger partial charge in [-0.15, -0.1) is 0 Å². The Kier molecular flexibility index (Phi) is 4.32. The fourth-order valence-electron chi connectivity index (χ4n) is 2.46. The maximum Gasteiger partial charge on any atom is 0.244 e. The highest BCUT2D eigenvalue weighted by molar-refractivity contribution is 6.31. The number of anilines is 1. The second-order valence-electron chi connectivity index (χ2n) is 5.17. The van der Waals surface area contributed by atoms with Crippen molar-refractivity contribution >= 4 is 34.1 Å². The maximum absolute atomic E-state index is 12.3. The van der Waals surface area contributed by atoms with Crippen molar-refractivity contribution in [3.63, 3.8) is 0 Å². The molecule has 0 unspecified atom stereocenters. The van der Waals surface area contributed by atoms with Gasteiger partial charge in [-0.05, 0) is 30.3 Å². The zero-order chi connectivity index (χ0) is 17.1. The molecular formula is C18H12ClN3O2. The zero-order valence-electron chi connectivity index (χ0n) is 12.5. The van der Waals surface area contributed by atoms with Gasteiger partial charge in [-0.1, -0.05) is 23.7 Å². The molecule has 0 aliphatic rings. The van der Waals surface area contributed by atoms with Crippen LogP contribution < -0.4 is 10.7 Å². The first-order valence-corrected chi connectivity index (χ1v) is 7.54. The fraction of sp³-hybridized carbons (Fsp3) is 0.0556. The Bertz CT molecular complexity index is 1030. The average Bonchev–Trinajstić information content (AvgIpc) is 2.58. The van der Waals surface area contributed by atoms with E-state index in [2.05, 4.69) is 5.32 Å². The van der Waals surface area contributed by atoms with Crippen molar-refractivity contribution in [3.8, 4) is 6.07 Å². The number of amides is 1. The van der Waals surface area contributed by atoms with Crippen LogP contribution in [0.5, 0.6) is 0 Å². The van der Waals surface area contributed by atoms with E-state index in [1.807, 2.05) is 6.07 Å². The summed E-state index contributed by atoms with van der Waals surface area (Å²) in [7, 11) is 0. The number of nitrogens with one attached hydrogen (secondary N) is 1. The van der Waals surface area contributed by atoms with Crippen molar-refractivity contribution in [2.45, 2.75) is 6.54 Å². The predicted octanol–water partition coefficient (Wildman–Crippen LogP) is 3.17. The normalized spacial score (nSPS) is 10.3. The average molecular weight is 338 g/mol. The largest absolute Gasteiger partial charge is 0.338 e. The molecule has 6 heteroatoms. The maximum atomic E-state index is 12.3. The Balaban J connectivity index is 1.90.